The van der Waals surface area contributed by atoms with Crippen LogP contribution in [0.1, 0.15) is 123 Å². The molecule has 0 saturated carbocycles. The zero-order valence-corrected chi connectivity index (χ0v) is 27.1. The number of aliphatic hydroxyl groups is 1. The molecular formula is C31H56NO10P. The maximum atomic E-state index is 12.1. The highest BCUT2D eigenvalue weighted by atomic mass is 31.2. The van der Waals surface area contributed by atoms with Gasteiger partial charge >= 0.3 is 19.8 Å². The van der Waals surface area contributed by atoms with Crippen molar-refractivity contribution in [2.24, 2.45) is 0 Å². The summed E-state index contributed by atoms with van der Waals surface area (Å²) in [5, 5.41) is 21.5. The number of amides is 1. The van der Waals surface area contributed by atoms with Gasteiger partial charge in [0, 0.05) is 12.8 Å². The molecule has 3 unspecified atom stereocenters. The molecule has 0 aromatic heterocycles. The van der Waals surface area contributed by atoms with E-state index in [2.05, 4.69) is 48.0 Å². The van der Waals surface area contributed by atoms with Crippen molar-refractivity contribution in [2.45, 2.75) is 135 Å². The molecule has 0 bridgehead atoms. The van der Waals surface area contributed by atoms with Gasteiger partial charge in [-0.25, -0.2) is 9.36 Å². The smallest absolute Gasteiger partial charge is 0.472 e. The summed E-state index contributed by atoms with van der Waals surface area (Å²) >= 11 is 0. The van der Waals surface area contributed by atoms with E-state index in [0.29, 0.717) is 12.8 Å². The molecule has 4 N–H and O–H groups in total. The highest BCUT2D eigenvalue weighted by molar-refractivity contribution is 7.47. The third-order valence-electron chi connectivity index (χ3n) is 6.47. The van der Waals surface area contributed by atoms with Gasteiger partial charge in [-0.1, -0.05) is 95.9 Å². The van der Waals surface area contributed by atoms with Gasteiger partial charge in [0.05, 0.1) is 13.2 Å². The van der Waals surface area contributed by atoms with Crippen molar-refractivity contribution in [3.63, 3.8) is 0 Å². The molecule has 0 spiro atoms. The zero-order valence-electron chi connectivity index (χ0n) is 26.3. The monoisotopic (exact) mass is 633 g/mol. The summed E-state index contributed by atoms with van der Waals surface area (Å²) in [5.41, 5.74) is 0. The normalized spacial score (nSPS) is 14.5. The van der Waals surface area contributed by atoms with Crippen molar-refractivity contribution < 1.29 is 47.8 Å². The molecule has 0 aliphatic rings. The van der Waals surface area contributed by atoms with Crippen LogP contribution >= 0.6 is 7.82 Å². The Bertz CT molecular complexity index is 848. The quantitative estimate of drug-likeness (QED) is 0.0314. The molecule has 0 aromatic rings. The van der Waals surface area contributed by atoms with Crippen LogP contribution < -0.4 is 5.32 Å². The predicted octanol–water partition coefficient (Wildman–Crippen LogP) is 6.38. The van der Waals surface area contributed by atoms with Crippen LogP contribution in [0.3, 0.4) is 0 Å². The molecule has 3 atom stereocenters. The van der Waals surface area contributed by atoms with Gasteiger partial charge in [-0.05, 0) is 38.5 Å². The van der Waals surface area contributed by atoms with E-state index in [1.807, 2.05) is 0 Å². The Morgan fingerprint density at radius 2 is 1.33 bits per heavy atom. The molecule has 43 heavy (non-hydrogen) atoms. The summed E-state index contributed by atoms with van der Waals surface area (Å²) in [4.78, 5) is 45.2. The lowest BCUT2D eigenvalue weighted by Crippen LogP contribution is -2.43. The second-order valence-electron chi connectivity index (χ2n) is 10.6. The van der Waals surface area contributed by atoms with Crippen LogP contribution in [0.15, 0.2) is 24.3 Å². The number of phosphoric acid groups is 1. The first-order valence-corrected chi connectivity index (χ1v) is 17.4. The van der Waals surface area contributed by atoms with Crippen LogP contribution in [0.2, 0.25) is 0 Å². The number of carboxylic acid groups (broad SMARTS) is 1. The van der Waals surface area contributed by atoms with Crippen LogP contribution in [-0.2, 0) is 32.7 Å². The highest BCUT2D eigenvalue weighted by Gasteiger charge is 2.28. The van der Waals surface area contributed by atoms with Gasteiger partial charge in [-0.2, -0.15) is 0 Å². The van der Waals surface area contributed by atoms with Crippen molar-refractivity contribution >= 4 is 25.7 Å². The van der Waals surface area contributed by atoms with E-state index in [-0.39, 0.29) is 12.8 Å². The largest absolute Gasteiger partial charge is 0.480 e. The molecule has 1 amide bonds. The van der Waals surface area contributed by atoms with E-state index in [1.54, 1.807) is 0 Å². The summed E-state index contributed by atoms with van der Waals surface area (Å²) < 4.78 is 26.5. The van der Waals surface area contributed by atoms with Crippen molar-refractivity contribution in [3.05, 3.63) is 24.3 Å². The summed E-state index contributed by atoms with van der Waals surface area (Å²) in [7, 11) is -4.73. The molecule has 0 fully saturated rings. The van der Waals surface area contributed by atoms with Gasteiger partial charge in [0.1, 0.15) is 12.7 Å². The van der Waals surface area contributed by atoms with Gasteiger partial charge in [-0.15, -0.1) is 0 Å². The fourth-order valence-electron chi connectivity index (χ4n) is 3.94. The minimum absolute atomic E-state index is 0.142. The topological polar surface area (TPSA) is 169 Å². The maximum absolute atomic E-state index is 12.1. The van der Waals surface area contributed by atoms with E-state index in [9.17, 15) is 34.1 Å². The number of aliphatic carboxylic acids is 1. The zero-order chi connectivity index (χ0) is 32.2. The highest BCUT2D eigenvalue weighted by Crippen LogP contribution is 2.43. The molecule has 0 saturated heterocycles. The molecular weight excluding hydrogens is 577 g/mol. The average Bonchev–Trinajstić information content (AvgIpc) is 2.97. The molecule has 0 aliphatic heterocycles. The third kappa shape index (κ3) is 27.3. The number of aliphatic hydroxyl groups excluding tert-OH is 1. The summed E-state index contributed by atoms with van der Waals surface area (Å²) in [6, 6.07) is -1.54. The van der Waals surface area contributed by atoms with Crippen LogP contribution in [0, 0.1) is 0 Å². The Hall–Kier alpha value is -2.04. The van der Waals surface area contributed by atoms with Gasteiger partial charge < -0.3 is 25.2 Å². The van der Waals surface area contributed by atoms with E-state index in [4.69, 9.17) is 9.26 Å². The summed E-state index contributed by atoms with van der Waals surface area (Å²) in [5.74, 6) is -2.41. The average molecular weight is 634 g/mol. The standard InChI is InChI=1S/C31H56NO10P/c1-3-5-7-9-11-12-13-14-15-16-17-19-21-23-30(35)40-24-27(33)25-41-43(38,39)42-26-28(31(36)37)32-29(34)22-20-18-10-8-6-4-2/h7,9,12-13,27-28,33H,3-6,8,10-11,14-26H2,1-2H3,(H,32,34)(H,36,37)(H,38,39)/b9-7-,13-12-. The van der Waals surface area contributed by atoms with Crippen LogP contribution in [0.5, 0.6) is 0 Å². The minimum Gasteiger partial charge on any atom is -0.480 e. The number of carbonyl (C=O) groups excluding carboxylic acids is 2. The Kier molecular flexibility index (Phi) is 26.2. The van der Waals surface area contributed by atoms with E-state index in [0.717, 1.165) is 77.0 Å². The molecule has 250 valence electrons. The van der Waals surface area contributed by atoms with Crippen LogP contribution in [0.25, 0.3) is 0 Å². The number of hydrogen-bond acceptors (Lipinski definition) is 8. The molecule has 0 rings (SSSR count). The summed E-state index contributed by atoms with van der Waals surface area (Å²) in [6.07, 6.45) is 22.6. The van der Waals surface area contributed by atoms with Gasteiger partial charge in [0.25, 0.3) is 0 Å². The first-order valence-electron chi connectivity index (χ1n) is 15.9. The number of carbonyl (C=O) groups is 3. The van der Waals surface area contributed by atoms with Crippen molar-refractivity contribution in [1.29, 1.82) is 0 Å². The number of allylic oxidation sites excluding steroid dienone is 4. The lowest BCUT2D eigenvalue weighted by molar-refractivity contribution is -0.147. The van der Waals surface area contributed by atoms with Crippen molar-refractivity contribution in [3.8, 4) is 0 Å². The number of carboxylic acids is 1. The van der Waals surface area contributed by atoms with Gasteiger partial charge in [0.2, 0.25) is 5.91 Å². The first-order chi connectivity index (χ1) is 20.6. The second kappa shape index (κ2) is 27.5. The fraction of sp³-hybridized carbons (Fsp3) is 0.774. The van der Waals surface area contributed by atoms with Crippen LogP contribution in [-0.4, -0.2) is 64.9 Å². The summed E-state index contributed by atoms with van der Waals surface area (Å²) in [6.45, 7) is 2.37. The van der Waals surface area contributed by atoms with Crippen molar-refractivity contribution in [1.82, 2.24) is 5.32 Å². The lowest BCUT2D eigenvalue weighted by atomic mass is 10.1. The maximum Gasteiger partial charge on any atom is 0.472 e. The molecule has 0 aliphatic carbocycles. The molecule has 0 radical (unpaired) electrons. The number of esters is 1. The van der Waals surface area contributed by atoms with Crippen LogP contribution in [0.4, 0.5) is 0 Å². The Morgan fingerprint density at radius 1 is 0.744 bits per heavy atom. The lowest BCUT2D eigenvalue weighted by Gasteiger charge is -2.18. The number of phosphoric ester groups is 1. The minimum atomic E-state index is -4.73. The number of unbranched alkanes of at least 4 members (excludes halogenated alkanes) is 11. The van der Waals surface area contributed by atoms with E-state index < -0.39 is 57.6 Å². The SMILES string of the molecule is CCC/C=C\C/C=C\CCCCCCCC(=O)OCC(O)COP(=O)(O)OCC(NC(=O)CCCCCCCC)C(=O)O. The number of rotatable bonds is 29. The Balaban J connectivity index is 4.02. The molecule has 11 nitrogen and oxygen atoms in total. The number of ether oxygens (including phenoxy) is 1. The molecule has 0 aromatic carbocycles. The third-order valence-corrected chi connectivity index (χ3v) is 7.43. The second-order valence-corrected chi connectivity index (χ2v) is 12.1. The fourth-order valence-corrected chi connectivity index (χ4v) is 4.71. The van der Waals surface area contributed by atoms with E-state index in [1.165, 1.54) is 6.42 Å². The number of nitrogens with one attached hydrogen (secondary N) is 1. The number of hydrogen-bond donors (Lipinski definition) is 4. The molecule has 12 heteroatoms. The van der Waals surface area contributed by atoms with Gasteiger partial charge in [-0.3, -0.25) is 18.6 Å². The van der Waals surface area contributed by atoms with E-state index >= 15 is 0 Å². The predicted molar refractivity (Wildman–Crippen MR) is 166 cm³/mol. The first kappa shape index (κ1) is 41.0. The Morgan fingerprint density at radius 3 is 1.98 bits per heavy atom. The van der Waals surface area contributed by atoms with Gasteiger partial charge in [0.15, 0.2) is 6.04 Å². The van der Waals surface area contributed by atoms with Crippen molar-refractivity contribution in [2.75, 3.05) is 19.8 Å². The molecule has 0 heterocycles. The Labute approximate surface area is 258 Å².